The molecule has 0 saturated heterocycles. The van der Waals surface area contributed by atoms with Crippen LogP contribution in [0.2, 0.25) is 0 Å². The third kappa shape index (κ3) is 0.873. The Kier molecular flexibility index (Phi) is 1.31. The van der Waals surface area contributed by atoms with Crippen LogP contribution in [0.4, 0.5) is 0 Å². The first-order valence-electron chi connectivity index (χ1n) is 3.35. The number of rotatable bonds is 0. The SMILES string of the molecule is C[C@H]1CCC[C@@]1(C)O. The second-order valence-corrected chi connectivity index (χ2v) is 3.15. The van der Waals surface area contributed by atoms with E-state index in [9.17, 15) is 5.11 Å². The van der Waals surface area contributed by atoms with Gasteiger partial charge in [-0.3, -0.25) is 0 Å². The third-order valence-electron chi connectivity index (χ3n) is 2.38. The Labute approximate surface area is 50.7 Å². The lowest BCUT2D eigenvalue weighted by Gasteiger charge is -2.20. The van der Waals surface area contributed by atoms with Crippen molar-refractivity contribution in [2.45, 2.75) is 38.7 Å². The highest BCUT2D eigenvalue weighted by Crippen LogP contribution is 2.34. The molecule has 0 spiro atoms. The lowest BCUT2D eigenvalue weighted by atomic mass is 9.95. The fraction of sp³-hybridized carbons (Fsp3) is 1.00. The van der Waals surface area contributed by atoms with Crippen molar-refractivity contribution in [1.82, 2.24) is 0 Å². The first-order valence-corrected chi connectivity index (χ1v) is 3.35. The summed E-state index contributed by atoms with van der Waals surface area (Å²) in [5.41, 5.74) is -0.347. The molecule has 1 heteroatoms. The second kappa shape index (κ2) is 1.73. The maximum Gasteiger partial charge on any atom is 0.0645 e. The van der Waals surface area contributed by atoms with Gasteiger partial charge in [0.1, 0.15) is 0 Å². The Morgan fingerprint density at radius 3 is 2.38 bits per heavy atom. The summed E-state index contributed by atoms with van der Waals surface area (Å²) in [6.07, 6.45) is 3.40. The van der Waals surface area contributed by atoms with Crippen molar-refractivity contribution in [2.75, 3.05) is 0 Å². The van der Waals surface area contributed by atoms with Crippen LogP contribution < -0.4 is 0 Å². The van der Waals surface area contributed by atoms with Gasteiger partial charge in [0.25, 0.3) is 0 Å². The summed E-state index contributed by atoms with van der Waals surface area (Å²) < 4.78 is 0. The zero-order valence-electron chi connectivity index (χ0n) is 5.65. The highest BCUT2D eigenvalue weighted by Gasteiger charge is 2.32. The fourth-order valence-electron chi connectivity index (χ4n) is 1.32. The van der Waals surface area contributed by atoms with Crippen molar-refractivity contribution in [3.8, 4) is 0 Å². The van der Waals surface area contributed by atoms with Crippen LogP contribution in [0, 0.1) is 5.92 Å². The van der Waals surface area contributed by atoms with Crippen LogP contribution in [0.25, 0.3) is 0 Å². The van der Waals surface area contributed by atoms with Crippen LogP contribution >= 0.6 is 0 Å². The van der Waals surface area contributed by atoms with E-state index in [0.717, 1.165) is 6.42 Å². The van der Waals surface area contributed by atoms with Crippen molar-refractivity contribution < 1.29 is 5.11 Å². The Hall–Kier alpha value is -0.0400. The maximum atomic E-state index is 9.46. The molecule has 0 aromatic heterocycles. The minimum absolute atomic E-state index is 0.347. The van der Waals surface area contributed by atoms with E-state index in [-0.39, 0.29) is 5.60 Å². The van der Waals surface area contributed by atoms with Gasteiger partial charge in [0, 0.05) is 0 Å². The summed E-state index contributed by atoms with van der Waals surface area (Å²) in [5, 5.41) is 9.46. The summed E-state index contributed by atoms with van der Waals surface area (Å²) in [6, 6.07) is 0. The molecular formula is C7H14O. The lowest BCUT2D eigenvalue weighted by molar-refractivity contribution is 0.0284. The van der Waals surface area contributed by atoms with Crippen molar-refractivity contribution in [3.05, 3.63) is 0 Å². The van der Waals surface area contributed by atoms with Gasteiger partial charge in [0.2, 0.25) is 0 Å². The van der Waals surface area contributed by atoms with Crippen LogP contribution in [0.1, 0.15) is 33.1 Å². The van der Waals surface area contributed by atoms with Crippen molar-refractivity contribution >= 4 is 0 Å². The standard InChI is InChI=1S/C7H14O/c1-6-4-3-5-7(6,2)8/h6,8H,3-5H2,1-2H3/t6-,7+/m0/s1. The molecule has 1 aliphatic rings. The van der Waals surface area contributed by atoms with E-state index in [4.69, 9.17) is 0 Å². The van der Waals surface area contributed by atoms with E-state index < -0.39 is 0 Å². The van der Waals surface area contributed by atoms with E-state index in [0.29, 0.717) is 5.92 Å². The van der Waals surface area contributed by atoms with E-state index in [2.05, 4.69) is 6.92 Å². The molecule has 1 rings (SSSR count). The Morgan fingerprint density at radius 2 is 2.25 bits per heavy atom. The molecule has 0 heterocycles. The van der Waals surface area contributed by atoms with E-state index in [1.54, 1.807) is 0 Å². The molecule has 1 aliphatic carbocycles. The summed E-state index contributed by atoms with van der Waals surface area (Å²) in [4.78, 5) is 0. The molecule has 8 heavy (non-hydrogen) atoms. The van der Waals surface area contributed by atoms with Gasteiger partial charge in [-0.25, -0.2) is 0 Å². The molecule has 0 radical (unpaired) electrons. The molecule has 1 saturated carbocycles. The van der Waals surface area contributed by atoms with E-state index in [1.807, 2.05) is 6.92 Å². The van der Waals surface area contributed by atoms with Crippen molar-refractivity contribution in [1.29, 1.82) is 0 Å². The molecule has 48 valence electrons. The van der Waals surface area contributed by atoms with Gasteiger partial charge in [0.15, 0.2) is 0 Å². The summed E-state index contributed by atoms with van der Waals surface area (Å²) in [7, 11) is 0. The Balaban J connectivity index is 2.54. The highest BCUT2D eigenvalue weighted by molar-refractivity contribution is 4.84. The predicted molar refractivity (Wildman–Crippen MR) is 33.6 cm³/mol. The van der Waals surface area contributed by atoms with Crippen LogP contribution in [-0.4, -0.2) is 10.7 Å². The zero-order valence-corrected chi connectivity index (χ0v) is 5.65. The average molecular weight is 114 g/mol. The van der Waals surface area contributed by atoms with Gasteiger partial charge < -0.3 is 5.11 Å². The Morgan fingerprint density at radius 1 is 1.62 bits per heavy atom. The molecule has 0 aromatic carbocycles. The first-order chi connectivity index (χ1) is 3.63. The largest absolute Gasteiger partial charge is 0.390 e. The predicted octanol–water partition coefficient (Wildman–Crippen LogP) is 1.56. The van der Waals surface area contributed by atoms with Crippen LogP contribution in [0.5, 0.6) is 0 Å². The number of hydrogen-bond acceptors (Lipinski definition) is 1. The second-order valence-electron chi connectivity index (χ2n) is 3.15. The molecule has 1 N–H and O–H groups in total. The molecule has 1 nitrogen and oxygen atoms in total. The van der Waals surface area contributed by atoms with E-state index in [1.165, 1.54) is 12.8 Å². The lowest BCUT2D eigenvalue weighted by Crippen LogP contribution is -2.26. The van der Waals surface area contributed by atoms with Gasteiger partial charge in [-0.1, -0.05) is 13.3 Å². The molecule has 0 aromatic rings. The van der Waals surface area contributed by atoms with Gasteiger partial charge >= 0.3 is 0 Å². The normalized spacial score (nSPS) is 47.6. The topological polar surface area (TPSA) is 20.2 Å². The summed E-state index contributed by atoms with van der Waals surface area (Å²) >= 11 is 0. The molecule has 0 bridgehead atoms. The minimum atomic E-state index is -0.347. The summed E-state index contributed by atoms with van der Waals surface area (Å²) in [6.45, 7) is 4.05. The van der Waals surface area contributed by atoms with Crippen LogP contribution in [0.3, 0.4) is 0 Å². The van der Waals surface area contributed by atoms with Crippen LogP contribution in [-0.2, 0) is 0 Å². The number of aliphatic hydroxyl groups is 1. The monoisotopic (exact) mass is 114 g/mol. The first kappa shape index (κ1) is 6.09. The molecular weight excluding hydrogens is 100 g/mol. The highest BCUT2D eigenvalue weighted by atomic mass is 16.3. The molecule has 1 fully saturated rings. The fourth-order valence-corrected chi connectivity index (χ4v) is 1.32. The van der Waals surface area contributed by atoms with Gasteiger partial charge in [-0.2, -0.15) is 0 Å². The third-order valence-corrected chi connectivity index (χ3v) is 2.38. The zero-order chi connectivity index (χ0) is 6.20. The van der Waals surface area contributed by atoms with Gasteiger partial charge in [-0.15, -0.1) is 0 Å². The van der Waals surface area contributed by atoms with E-state index >= 15 is 0 Å². The maximum absolute atomic E-state index is 9.46. The molecule has 0 unspecified atom stereocenters. The van der Waals surface area contributed by atoms with Gasteiger partial charge in [0.05, 0.1) is 5.60 Å². The molecule has 2 atom stereocenters. The van der Waals surface area contributed by atoms with Crippen LogP contribution in [0.15, 0.2) is 0 Å². The quantitative estimate of drug-likeness (QED) is 0.506. The average Bonchev–Trinajstić information content (AvgIpc) is 1.86. The number of hydrogen-bond donors (Lipinski definition) is 1. The summed E-state index contributed by atoms with van der Waals surface area (Å²) in [5.74, 6) is 0.516. The van der Waals surface area contributed by atoms with Crippen molar-refractivity contribution in [2.24, 2.45) is 5.92 Å². The Bertz CT molecular complexity index is 86.4. The smallest absolute Gasteiger partial charge is 0.0645 e. The van der Waals surface area contributed by atoms with Crippen molar-refractivity contribution in [3.63, 3.8) is 0 Å². The molecule has 0 amide bonds. The molecule has 0 aliphatic heterocycles. The van der Waals surface area contributed by atoms with Gasteiger partial charge in [-0.05, 0) is 25.7 Å². The minimum Gasteiger partial charge on any atom is -0.390 e.